The van der Waals surface area contributed by atoms with Crippen molar-refractivity contribution in [3.8, 4) is 0 Å². The smallest absolute Gasteiger partial charge is 0.238 e. The topological polar surface area (TPSA) is 115 Å². The third-order valence-corrected chi connectivity index (χ3v) is 4.56. The van der Waals surface area contributed by atoms with Crippen molar-refractivity contribution < 1.29 is 13.2 Å². The Kier molecular flexibility index (Phi) is 5.27. The summed E-state index contributed by atoms with van der Waals surface area (Å²) in [5.74, 6) is -0.212. The first kappa shape index (κ1) is 16.6. The van der Waals surface area contributed by atoms with Gasteiger partial charge >= 0.3 is 0 Å². The summed E-state index contributed by atoms with van der Waals surface area (Å²) in [6, 6.07) is 5.84. The molecular formula is C13H21N3O3S. The van der Waals surface area contributed by atoms with E-state index in [1.54, 1.807) is 6.07 Å². The molecule has 0 aliphatic heterocycles. The maximum atomic E-state index is 12.3. The van der Waals surface area contributed by atoms with E-state index in [4.69, 9.17) is 10.9 Å². The van der Waals surface area contributed by atoms with Gasteiger partial charge in [0.05, 0.1) is 10.3 Å². The Bertz CT molecular complexity index is 572. The number of nitrogens with one attached hydrogen (secondary N) is 1. The fourth-order valence-electron chi connectivity index (χ4n) is 1.97. The molecule has 20 heavy (non-hydrogen) atoms. The zero-order chi connectivity index (χ0) is 15.4. The number of anilines is 1. The zero-order valence-electron chi connectivity index (χ0n) is 11.7. The Morgan fingerprint density at radius 3 is 2.35 bits per heavy atom. The molecule has 5 N–H and O–H groups in total. The van der Waals surface area contributed by atoms with Gasteiger partial charge in [0.15, 0.2) is 0 Å². The van der Waals surface area contributed by atoms with E-state index in [1.165, 1.54) is 18.2 Å². The molecule has 0 saturated carbocycles. The van der Waals surface area contributed by atoms with Crippen LogP contribution < -0.4 is 16.2 Å². The Labute approximate surface area is 119 Å². The van der Waals surface area contributed by atoms with Crippen LogP contribution in [-0.2, 0) is 14.8 Å². The number of nitrogens with two attached hydrogens (primary N) is 2. The summed E-state index contributed by atoms with van der Waals surface area (Å²) in [5, 5.41) is 7.77. The first-order valence-electron chi connectivity index (χ1n) is 6.43. The summed E-state index contributed by atoms with van der Waals surface area (Å²) in [7, 11) is -3.79. The molecule has 0 spiro atoms. The van der Waals surface area contributed by atoms with E-state index in [0.717, 1.165) is 0 Å². The minimum Gasteiger partial charge on any atom is -0.329 e. The molecule has 112 valence electrons. The molecule has 1 amide bonds. The molecule has 6 nitrogen and oxygen atoms in total. The molecule has 7 heteroatoms. The number of carbonyl (C=O) groups is 1. The highest BCUT2D eigenvalue weighted by Gasteiger charge is 2.33. The van der Waals surface area contributed by atoms with Gasteiger partial charge in [-0.3, -0.25) is 4.79 Å². The van der Waals surface area contributed by atoms with Crippen LogP contribution in [0.4, 0.5) is 5.69 Å². The molecule has 0 saturated heterocycles. The molecule has 1 aromatic rings. The summed E-state index contributed by atoms with van der Waals surface area (Å²) in [4.78, 5) is 12.3. The van der Waals surface area contributed by atoms with Gasteiger partial charge in [0.25, 0.3) is 0 Å². The molecule has 0 radical (unpaired) electrons. The average Bonchev–Trinajstić information content (AvgIpc) is 2.41. The third kappa shape index (κ3) is 3.56. The van der Waals surface area contributed by atoms with E-state index in [9.17, 15) is 13.2 Å². The van der Waals surface area contributed by atoms with Gasteiger partial charge in [-0.25, -0.2) is 13.6 Å². The van der Waals surface area contributed by atoms with Crippen molar-refractivity contribution in [2.24, 2.45) is 16.3 Å². The van der Waals surface area contributed by atoms with Crippen molar-refractivity contribution in [3.63, 3.8) is 0 Å². The van der Waals surface area contributed by atoms with Gasteiger partial charge in [0.1, 0.15) is 0 Å². The fourth-order valence-corrected chi connectivity index (χ4v) is 2.53. The Balaban J connectivity index is 3.02. The van der Waals surface area contributed by atoms with E-state index in [1.807, 2.05) is 13.8 Å². The second kappa shape index (κ2) is 6.34. The Morgan fingerprint density at radius 1 is 1.30 bits per heavy atom. The number of rotatable bonds is 6. The average molecular weight is 299 g/mol. The molecule has 0 aliphatic carbocycles. The lowest BCUT2D eigenvalue weighted by Crippen LogP contribution is -2.41. The Hall–Kier alpha value is -1.44. The SMILES string of the molecule is CCC(CC)(CN)C(=O)Nc1cccc(S(N)(=O)=O)c1. The van der Waals surface area contributed by atoms with Crippen LogP contribution in [0.3, 0.4) is 0 Å². The van der Waals surface area contributed by atoms with Crippen LogP contribution >= 0.6 is 0 Å². The van der Waals surface area contributed by atoms with Gasteiger partial charge in [-0.05, 0) is 31.0 Å². The molecule has 0 atom stereocenters. The zero-order valence-corrected chi connectivity index (χ0v) is 12.5. The fraction of sp³-hybridized carbons (Fsp3) is 0.462. The lowest BCUT2D eigenvalue weighted by atomic mass is 9.81. The third-order valence-electron chi connectivity index (χ3n) is 3.65. The summed E-state index contributed by atoms with van der Waals surface area (Å²) in [5.41, 5.74) is 5.45. The van der Waals surface area contributed by atoms with Crippen molar-refractivity contribution in [2.45, 2.75) is 31.6 Å². The number of benzene rings is 1. The van der Waals surface area contributed by atoms with Crippen LogP contribution in [-0.4, -0.2) is 20.9 Å². The second-order valence-corrected chi connectivity index (χ2v) is 6.28. The molecule has 0 unspecified atom stereocenters. The van der Waals surface area contributed by atoms with Crippen molar-refractivity contribution in [3.05, 3.63) is 24.3 Å². The summed E-state index contributed by atoms with van der Waals surface area (Å²) in [6.07, 6.45) is 1.22. The van der Waals surface area contributed by atoms with E-state index < -0.39 is 15.4 Å². The molecular weight excluding hydrogens is 278 g/mol. The first-order chi connectivity index (χ1) is 9.29. The Morgan fingerprint density at radius 2 is 1.90 bits per heavy atom. The lowest BCUT2D eigenvalue weighted by Gasteiger charge is -2.28. The molecule has 1 rings (SSSR count). The number of sulfonamides is 1. The minimum atomic E-state index is -3.79. The summed E-state index contributed by atoms with van der Waals surface area (Å²) >= 11 is 0. The monoisotopic (exact) mass is 299 g/mol. The molecule has 0 aromatic heterocycles. The first-order valence-corrected chi connectivity index (χ1v) is 7.98. The van der Waals surface area contributed by atoms with Crippen LogP contribution in [0.1, 0.15) is 26.7 Å². The van der Waals surface area contributed by atoms with Crippen LogP contribution in [0.5, 0.6) is 0 Å². The standard InChI is InChI=1S/C13H21N3O3S/c1-3-13(4-2,9-14)12(17)16-10-6-5-7-11(8-10)20(15,18)19/h5-8H,3-4,9,14H2,1-2H3,(H,16,17)(H2,15,18,19). The molecule has 0 fully saturated rings. The highest BCUT2D eigenvalue weighted by Crippen LogP contribution is 2.27. The number of primary sulfonamides is 1. The predicted molar refractivity (Wildman–Crippen MR) is 78.5 cm³/mol. The summed E-state index contributed by atoms with van der Waals surface area (Å²) < 4.78 is 22.6. The van der Waals surface area contributed by atoms with Gasteiger partial charge in [-0.1, -0.05) is 19.9 Å². The van der Waals surface area contributed by atoms with Crippen LogP contribution in [0.25, 0.3) is 0 Å². The summed E-state index contributed by atoms with van der Waals surface area (Å²) in [6.45, 7) is 4.04. The quantitative estimate of drug-likeness (QED) is 0.727. The van der Waals surface area contributed by atoms with Gasteiger partial charge < -0.3 is 11.1 Å². The van der Waals surface area contributed by atoms with Crippen LogP contribution in [0.15, 0.2) is 29.2 Å². The van der Waals surface area contributed by atoms with Crippen LogP contribution in [0.2, 0.25) is 0 Å². The van der Waals surface area contributed by atoms with Crippen molar-refractivity contribution in [1.82, 2.24) is 0 Å². The van der Waals surface area contributed by atoms with E-state index in [0.29, 0.717) is 18.5 Å². The number of carbonyl (C=O) groups excluding carboxylic acids is 1. The van der Waals surface area contributed by atoms with Gasteiger partial charge in [0, 0.05) is 12.2 Å². The van der Waals surface area contributed by atoms with Crippen molar-refractivity contribution in [1.29, 1.82) is 0 Å². The molecule has 0 heterocycles. The van der Waals surface area contributed by atoms with Crippen molar-refractivity contribution in [2.75, 3.05) is 11.9 Å². The van der Waals surface area contributed by atoms with Gasteiger partial charge in [-0.15, -0.1) is 0 Å². The number of hydrogen-bond donors (Lipinski definition) is 3. The minimum absolute atomic E-state index is 0.0401. The molecule has 1 aromatic carbocycles. The van der Waals surface area contributed by atoms with E-state index in [-0.39, 0.29) is 17.3 Å². The highest BCUT2D eigenvalue weighted by atomic mass is 32.2. The molecule has 0 bridgehead atoms. The lowest BCUT2D eigenvalue weighted by molar-refractivity contribution is -0.125. The largest absolute Gasteiger partial charge is 0.329 e. The highest BCUT2D eigenvalue weighted by molar-refractivity contribution is 7.89. The second-order valence-electron chi connectivity index (χ2n) is 4.72. The van der Waals surface area contributed by atoms with E-state index in [2.05, 4.69) is 5.32 Å². The van der Waals surface area contributed by atoms with Gasteiger partial charge in [-0.2, -0.15) is 0 Å². The number of hydrogen-bond acceptors (Lipinski definition) is 4. The normalized spacial score (nSPS) is 12.2. The van der Waals surface area contributed by atoms with Gasteiger partial charge in [0.2, 0.25) is 15.9 Å². The maximum absolute atomic E-state index is 12.3. The van der Waals surface area contributed by atoms with Crippen LogP contribution in [0, 0.1) is 5.41 Å². The predicted octanol–water partition coefficient (Wildman–Crippen LogP) is 1.04. The van der Waals surface area contributed by atoms with E-state index >= 15 is 0 Å². The van der Waals surface area contributed by atoms with Crippen molar-refractivity contribution >= 4 is 21.6 Å². The molecule has 0 aliphatic rings. The number of amides is 1. The maximum Gasteiger partial charge on any atom is 0.238 e.